The molecule has 0 bridgehead atoms. The average Bonchev–Trinajstić information content (AvgIpc) is 3.15. The SMILES string of the molecule is COC(=O)c1ccc(NS(=O)(=O)c2ccc(OC3CCCC3)cc2)cc1. The zero-order valence-electron chi connectivity index (χ0n) is 14.5. The Morgan fingerprint density at radius 3 is 2.19 bits per heavy atom. The lowest BCUT2D eigenvalue weighted by Gasteiger charge is -2.13. The van der Waals surface area contributed by atoms with E-state index >= 15 is 0 Å². The van der Waals surface area contributed by atoms with E-state index in [2.05, 4.69) is 9.46 Å². The fraction of sp³-hybridized carbons (Fsp3) is 0.316. The first-order chi connectivity index (χ1) is 12.5. The molecule has 6 nitrogen and oxygen atoms in total. The molecule has 1 saturated carbocycles. The molecule has 0 spiro atoms. The van der Waals surface area contributed by atoms with Crippen molar-refractivity contribution in [2.75, 3.05) is 11.8 Å². The van der Waals surface area contributed by atoms with Gasteiger partial charge in [0.05, 0.1) is 23.7 Å². The maximum absolute atomic E-state index is 12.5. The van der Waals surface area contributed by atoms with Crippen LogP contribution in [0.5, 0.6) is 5.75 Å². The van der Waals surface area contributed by atoms with Crippen molar-refractivity contribution < 1.29 is 22.7 Å². The summed E-state index contributed by atoms with van der Waals surface area (Å²) < 4.78 is 37.9. The number of hydrogen-bond donors (Lipinski definition) is 1. The highest BCUT2D eigenvalue weighted by Crippen LogP contribution is 2.25. The van der Waals surface area contributed by atoms with Gasteiger partial charge in [-0.25, -0.2) is 13.2 Å². The summed E-state index contributed by atoms with van der Waals surface area (Å²) in [5.74, 6) is 0.204. The number of sulfonamides is 1. The zero-order chi connectivity index (χ0) is 18.6. The highest BCUT2D eigenvalue weighted by atomic mass is 32.2. The number of carbonyl (C=O) groups excluding carboxylic acids is 1. The molecule has 26 heavy (non-hydrogen) atoms. The molecule has 1 aliphatic carbocycles. The third-order valence-corrected chi connectivity index (χ3v) is 5.69. The van der Waals surface area contributed by atoms with Crippen molar-refractivity contribution in [2.24, 2.45) is 0 Å². The van der Waals surface area contributed by atoms with Gasteiger partial charge in [-0.15, -0.1) is 0 Å². The van der Waals surface area contributed by atoms with Crippen LogP contribution >= 0.6 is 0 Å². The van der Waals surface area contributed by atoms with Gasteiger partial charge in [-0.2, -0.15) is 0 Å². The molecule has 2 aromatic rings. The highest BCUT2D eigenvalue weighted by Gasteiger charge is 2.18. The normalized spacial score (nSPS) is 14.8. The molecule has 0 heterocycles. The minimum atomic E-state index is -3.72. The van der Waals surface area contributed by atoms with E-state index in [9.17, 15) is 13.2 Å². The first-order valence-electron chi connectivity index (χ1n) is 8.46. The van der Waals surface area contributed by atoms with Crippen molar-refractivity contribution >= 4 is 21.7 Å². The number of rotatable bonds is 6. The molecule has 0 unspecified atom stereocenters. The van der Waals surface area contributed by atoms with Crippen molar-refractivity contribution in [3.63, 3.8) is 0 Å². The van der Waals surface area contributed by atoms with E-state index in [1.807, 2.05) is 0 Å². The van der Waals surface area contributed by atoms with Gasteiger partial charge >= 0.3 is 5.97 Å². The molecule has 1 aliphatic rings. The quantitative estimate of drug-likeness (QED) is 0.780. The van der Waals surface area contributed by atoms with Crippen molar-refractivity contribution in [1.82, 2.24) is 0 Å². The summed E-state index contributed by atoms with van der Waals surface area (Å²) in [6.45, 7) is 0. The van der Waals surface area contributed by atoms with Crippen LogP contribution < -0.4 is 9.46 Å². The molecule has 1 fully saturated rings. The van der Waals surface area contributed by atoms with Crippen LogP contribution in [0.3, 0.4) is 0 Å². The van der Waals surface area contributed by atoms with E-state index in [-0.39, 0.29) is 11.0 Å². The molecule has 2 aromatic carbocycles. The molecule has 3 rings (SSSR count). The predicted octanol–water partition coefficient (Wildman–Crippen LogP) is 3.60. The maximum atomic E-state index is 12.5. The second-order valence-electron chi connectivity index (χ2n) is 6.17. The van der Waals surface area contributed by atoms with Crippen molar-refractivity contribution in [3.8, 4) is 5.75 Å². The van der Waals surface area contributed by atoms with Crippen LogP contribution in [0.4, 0.5) is 5.69 Å². The van der Waals surface area contributed by atoms with E-state index < -0.39 is 16.0 Å². The first kappa shape index (κ1) is 18.3. The number of hydrogen-bond acceptors (Lipinski definition) is 5. The number of nitrogens with one attached hydrogen (secondary N) is 1. The van der Waals surface area contributed by atoms with Gasteiger partial charge in [0.2, 0.25) is 0 Å². The third kappa shape index (κ3) is 4.35. The summed E-state index contributed by atoms with van der Waals surface area (Å²) in [5.41, 5.74) is 0.716. The fourth-order valence-electron chi connectivity index (χ4n) is 2.90. The average molecular weight is 375 g/mol. The van der Waals surface area contributed by atoms with Gasteiger partial charge in [-0.05, 0) is 74.2 Å². The number of methoxy groups -OCH3 is 1. The molecule has 0 saturated heterocycles. The van der Waals surface area contributed by atoms with E-state index in [0.717, 1.165) is 12.8 Å². The Balaban J connectivity index is 1.68. The molecule has 0 aliphatic heterocycles. The topological polar surface area (TPSA) is 81.7 Å². The van der Waals surface area contributed by atoms with Gasteiger partial charge in [0, 0.05) is 5.69 Å². The lowest BCUT2D eigenvalue weighted by molar-refractivity contribution is 0.0600. The Morgan fingerprint density at radius 1 is 1.00 bits per heavy atom. The lowest BCUT2D eigenvalue weighted by Crippen LogP contribution is -2.14. The number of benzene rings is 2. The van der Waals surface area contributed by atoms with Gasteiger partial charge < -0.3 is 9.47 Å². The summed E-state index contributed by atoms with van der Waals surface area (Å²) in [7, 11) is -2.43. The van der Waals surface area contributed by atoms with Crippen LogP contribution in [-0.4, -0.2) is 27.6 Å². The number of carbonyl (C=O) groups is 1. The Labute approximate surface area is 153 Å². The molecule has 0 atom stereocenters. The number of esters is 1. The summed E-state index contributed by atoms with van der Waals surface area (Å²) in [4.78, 5) is 11.6. The van der Waals surface area contributed by atoms with Crippen LogP contribution in [0.2, 0.25) is 0 Å². The molecule has 138 valence electrons. The summed E-state index contributed by atoms with van der Waals surface area (Å²) in [5, 5.41) is 0. The first-order valence-corrected chi connectivity index (χ1v) is 9.94. The third-order valence-electron chi connectivity index (χ3n) is 4.30. The lowest BCUT2D eigenvalue weighted by atomic mass is 10.2. The molecular formula is C19H21NO5S. The van der Waals surface area contributed by atoms with E-state index in [1.54, 1.807) is 12.1 Å². The van der Waals surface area contributed by atoms with Gasteiger partial charge in [0.1, 0.15) is 5.75 Å². The van der Waals surface area contributed by atoms with Gasteiger partial charge in [0.25, 0.3) is 10.0 Å². The minimum Gasteiger partial charge on any atom is -0.490 e. The minimum absolute atomic E-state index is 0.147. The van der Waals surface area contributed by atoms with E-state index in [4.69, 9.17) is 4.74 Å². The Bertz CT molecular complexity index is 854. The van der Waals surface area contributed by atoms with Crippen molar-refractivity contribution in [1.29, 1.82) is 0 Å². The van der Waals surface area contributed by atoms with Crippen LogP contribution in [0, 0.1) is 0 Å². The van der Waals surface area contributed by atoms with Crippen LogP contribution in [-0.2, 0) is 14.8 Å². The molecule has 7 heteroatoms. The van der Waals surface area contributed by atoms with Crippen molar-refractivity contribution in [3.05, 3.63) is 54.1 Å². The Morgan fingerprint density at radius 2 is 1.62 bits per heavy atom. The zero-order valence-corrected chi connectivity index (χ0v) is 15.3. The highest BCUT2D eigenvalue weighted by molar-refractivity contribution is 7.92. The maximum Gasteiger partial charge on any atom is 0.337 e. The molecule has 0 aromatic heterocycles. The second kappa shape index (κ2) is 7.78. The smallest absolute Gasteiger partial charge is 0.337 e. The standard InChI is InChI=1S/C19H21NO5S/c1-24-19(21)14-6-8-15(9-7-14)20-26(22,23)18-12-10-17(11-13-18)25-16-4-2-3-5-16/h6-13,16,20H,2-5H2,1H3. The van der Waals surface area contributed by atoms with Gasteiger partial charge in [-0.1, -0.05) is 0 Å². The van der Waals surface area contributed by atoms with E-state index in [0.29, 0.717) is 17.0 Å². The van der Waals surface area contributed by atoms with Crippen LogP contribution in [0.25, 0.3) is 0 Å². The molecular weight excluding hydrogens is 354 g/mol. The monoisotopic (exact) mass is 375 g/mol. The Kier molecular flexibility index (Phi) is 5.46. The number of anilines is 1. The van der Waals surface area contributed by atoms with E-state index in [1.165, 1.54) is 56.3 Å². The number of ether oxygens (including phenoxy) is 2. The largest absolute Gasteiger partial charge is 0.490 e. The Hall–Kier alpha value is -2.54. The fourth-order valence-corrected chi connectivity index (χ4v) is 3.96. The summed E-state index contributed by atoms with van der Waals surface area (Å²) >= 11 is 0. The molecule has 0 radical (unpaired) electrons. The molecule has 0 amide bonds. The van der Waals surface area contributed by atoms with Gasteiger partial charge in [-0.3, -0.25) is 4.72 Å². The predicted molar refractivity (Wildman–Crippen MR) is 97.9 cm³/mol. The van der Waals surface area contributed by atoms with Crippen molar-refractivity contribution in [2.45, 2.75) is 36.7 Å². The molecule has 1 N–H and O–H groups in total. The van der Waals surface area contributed by atoms with Crippen LogP contribution in [0.15, 0.2) is 53.4 Å². The summed E-state index contributed by atoms with van der Waals surface area (Å²) in [6.07, 6.45) is 4.67. The second-order valence-corrected chi connectivity index (χ2v) is 7.85. The van der Waals surface area contributed by atoms with Gasteiger partial charge in [0.15, 0.2) is 0 Å². The van der Waals surface area contributed by atoms with Crippen LogP contribution in [0.1, 0.15) is 36.0 Å². The summed E-state index contributed by atoms with van der Waals surface area (Å²) in [6, 6.07) is 12.4.